The molecule has 3 aliphatic rings. The van der Waals surface area contributed by atoms with Crippen LogP contribution in [0.3, 0.4) is 0 Å². The summed E-state index contributed by atoms with van der Waals surface area (Å²) in [6.07, 6.45) is 1.66. The Labute approximate surface area is 176 Å². The van der Waals surface area contributed by atoms with Crippen molar-refractivity contribution < 1.29 is 9.53 Å². The van der Waals surface area contributed by atoms with E-state index in [0.717, 1.165) is 97.4 Å². The van der Waals surface area contributed by atoms with E-state index in [1.807, 2.05) is 4.90 Å². The predicted octanol–water partition coefficient (Wildman–Crippen LogP) is 0.301. The largest absolute Gasteiger partial charge is 0.368 e. The van der Waals surface area contributed by atoms with Gasteiger partial charge in [0.1, 0.15) is 6.10 Å². The molecule has 0 aromatic heterocycles. The molecule has 0 bridgehead atoms. The first-order valence-corrected chi connectivity index (χ1v) is 11.5. The zero-order chi connectivity index (χ0) is 20.6. The molecular formula is C21H40N6O2. The van der Waals surface area contributed by atoms with Gasteiger partial charge in [0, 0.05) is 71.6 Å². The molecule has 3 heterocycles. The van der Waals surface area contributed by atoms with Crippen LogP contribution in [-0.4, -0.2) is 122 Å². The summed E-state index contributed by atoms with van der Waals surface area (Å²) in [5.41, 5.74) is 0. The Balaban J connectivity index is 1.48. The Morgan fingerprint density at radius 2 is 1.76 bits per heavy atom. The molecule has 1 amide bonds. The van der Waals surface area contributed by atoms with Crippen LogP contribution in [0.5, 0.6) is 0 Å². The lowest BCUT2D eigenvalue weighted by molar-refractivity contribution is -0.142. The molecule has 0 aromatic carbocycles. The Kier molecular flexibility index (Phi) is 8.56. The molecule has 3 fully saturated rings. The third-order valence-electron chi connectivity index (χ3n) is 6.41. The number of nitrogens with one attached hydrogen (secondary N) is 1. The number of hydrogen-bond donors (Lipinski definition) is 1. The monoisotopic (exact) mass is 408 g/mol. The van der Waals surface area contributed by atoms with Crippen LogP contribution in [0, 0.1) is 0 Å². The summed E-state index contributed by atoms with van der Waals surface area (Å²) in [5.74, 6) is 1.15. The molecule has 2 unspecified atom stereocenters. The second kappa shape index (κ2) is 11.1. The van der Waals surface area contributed by atoms with Gasteiger partial charge in [-0.25, -0.2) is 0 Å². The van der Waals surface area contributed by atoms with Crippen molar-refractivity contribution in [1.29, 1.82) is 0 Å². The summed E-state index contributed by atoms with van der Waals surface area (Å²) >= 11 is 0. The number of hydrogen-bond acceptors (Lipinski definition) is 5. The quantitative estimate of drug-likeness (QED) is 0.504. The molecule has 3 saturated heterocycles. The van der Waals surface area contributed by atoms with Crippen molar-refractivity contribution >= 4 is 11.9 Å². The summed E-state index contributed by atoms with van der Waals surface area (Å²) in [6.45, 7) is 17.9. The molecule has 3 rings (SSSR count). The normalized spacial score (nSPS) is 26.0. The predicted molar refractivity (Wildman–Crippen MR) is 116 cm³/mol. The summed E-state index contributed by atoms with van der Waals surface area (Å²) in [6, 6.07) is 0.449. The number of amides is 1. The smallest absolute Gasteiger partial charge is 0.251 e. The second-order valence-corrected chi connectivity index (χ2v) is 8.33. The summed E-state index contributed by atoms with van der Waals surface area (Å²) in [7, 11) is 0. The summed E-state index contributed by atoms with van der Waals surface area (Å²) in [4.78, 5) is 26.8. The Morgan fingerprint density at radius 1 is 1.07 bits per heavy atom. The lowest BCUT2D eigenvalue weighted by Gasteiger charge is -2.38. The molecule has 0 saturated carbocycles. The maximum atomic E-state index is 12.6. The van der Waals surface area contributed by atoms with Gasteiger partial charge in [-0.05, 0) is 33.2 Å². The molecule has 8 nitrogen and oxygen atoms in total. The molecule has 0 radical (unpaired) electrons. The minimum Gasteiger partial charge on any atom is -0.368 e. The van der Waals surface area contributed by atoms with Crippen molar-refractivity contribution in [3.8, 4) is 0 Å². The highest BCUT2D eigenvalue weighted by Gasteiger charge is 2.31. The van der Waals surface area contributed by atoms with E-state index in [9.17, 15) is 4.79 Å². The average molecular weight is 409 g/mol. The molecular weight excluding hydrogens is 368 g/mol. The highest BCUT2D eigenvalue weighted by molar-refractivity contribution is 5.82. The van der Waals surface area contributed by atoms with E-state index in [1.165, 1.54) is 0 Å². The summed E-state index contributed by atoms with van der Waals surface area (Å²) in [5, 5.41) is 3.45. The number of nitrogens with zero attached hydrogens (tertiary/aromatic N) is 5. The highest BCUT2D eigenvalue weighted by Crippen LogP contribution is 2.16. The van der Waals surface area contributed by atoms with E-state index in [-0.39, 0.29) is 12.0 Å². The first-order valence-electron chi connectivity index (χ1n) is 11.5. The molecule has 2 atom stereocenters. The Morgan fingerprint density at radius 3 is 2.34 bits per heavy atom. The molecule has 29 heavy (non-hydrogen) atoms. The van der Waals surface area contributed by atoms with Gasteiger partial charge in [0.05, 0.1) is 6.54 Å². The molecule has 166 valence electrons. The standard InChI is InChI=1S/C21H40N6O2/c1-4-22-21(23-17-18(3)25-10-8-24(5-2)9-11-25)27-14-12-26(13-15-27)20(28)19-7-6-16-29-19/h18-19H,4-17H2,1-3H3,(H,22,23). The van der Waals surface area contributed by atoms with Crippen molar-refractivity contribution in [3.63, 3.8) is 0 Å². The van der Waals surface area contributed by atoms with Crippen LogP contribution in [0.1, 0.15) is 33.6 Å². The zero-order valence-electron chi connectivity index (χ0n) is 18.6. The Bertz CT molecular complexity index is 535. The zero-order valence-corrected chi connectivity index (χ0v) is 18.6. The van der Waals surface area contributed by atoms with Gasteiger partial charge < -0.3 is 24.8 Å². The minimum absolute atomic E-state index is 0.170. The van der Waals surface area contributed by atoms with Crippen LogP contribution in [-0.2, 0) is 9.53 Å². The maximum absolute atomic E-state index is 12.6. The first-order chi connectivity index (χ1) is 14.1. The van der Waals surface area contributed by atoms with Gasteiger partial charge in [-0.15, -0.1) is 0 Å². The van der Waals surface area contributed by atoms with Gasteiger partial charge >= 0.3 is 0 Å². The van der Waals surface area contributed by atoms with Crippen LogP contribution < -0.4 is 5.32 Å². The number of ether oxygens (including phenoxy) is 1. The van der Waals surface area contributed by atoms with Crippen molar-refractivity contribution in [3.05, 3.63) is 0 Å². The van der Waals surface area contributed by atoms with E-state index in [2.05, 4.69) is 40.8 Å². The SMILES string of the molecule is CCNC(=NCC(C)N1CCN(CC)CC1)N1CCN(C(=O)C2CCCO2)CC1. The van der Waals surface area contributed by atoms with Crippen molar-refractivity contribution in [2.75, 3.05) is 78.6 Å². The first kappa shape index (κ1) is 22.3. The van der Waals surface area contributed by atoms with Crippen LogP contribution in [0.4, 0.5) is 0 Å². The van der Waals surface area contributed by atoms with Crippen LogP contribution in [0.15, 0.2) is 4.99 Å². The third-order valence-corrected chi connectivity index (χ3v) is 6.41. The number of carbonyl (C=O) groups excluding carboxylic acids is 1. The number of carbonyl (C=O) groups is 1. The fourth-order valence-electron chi connectivity index (χ4n) is 4.39. The van der Waals surface area contributed by atoms with Crippen molar-refractivity contribution in [2.24, 2.45) is 4.99 Å². The van der Waals surface area contributed by atoms with Gasteiger partial charge in [-0.1, -0.05) is 6.92 Å². The van der Waals surface area contributed by atoms with Crippen LogP contribution >= 0.6 is 0 Å². The maximum Gasteiger partial charge on any atom is 0.251 e. The number of aliphatic imine (C=N–C) groups is 1. The number of likely N-dealkylation sites (N-methyl/N-ethyl adjacent to an activating group) is 1. The minimum atomic E-state index is -0.211. The molecule has 8 heteroatoms. The fraction of sp³-hybridized carbons (Fsp3) is 0.905. The van der Waals surface area contributed by atoms with Gasteiger partial charge in [-0.3, -0.25) is 14.7 Å². The third kappa shape index (κ3) is 6.06. The van der Waals surface area contributed by atoms with Gasteiger partial charge in [-0.2, -0.15) is 0 Å². The number of guanidine groups is 1. The lowest BCUT2D eigenvalue weighted by atomic mass is 10.2. The van der Waals surface area contributed by atoms with Gasteiger partial charge in [0.15, 0.2) is 5.96 Å². The molecule has 0 spiro atoms. The van der Waals surface area contributed by atoms with Gasteiger partial charge in [0.25, 0.3) is 5.91 Å². The topological polar surface area (TPSA) is 63.7 Å². The van der Waals surface area contributed by atoms with Crippen LogP contribution in [0.2, 0.25) is 0 Å². The van der Waals surface area contributed by atoms with Crippen LogP contribution in [0.25, 0.3) is 0 Å². The van der Waals surface area contributed by atoms with E-state index < -0.39 is 0 Å². The van der Waals surface area contributed by atoms with E-state index in [4.69, 9.17) is 9.73 Å². The average Bonchev–Trinajstić information content (AvgIpc) is 3.31. The second-order valence-electron chi connectivity index (χ2n) is 8.33. The van der Waals surface area contributed by atoms with Gasteiger partial charge in [0.2, 0.25) is 0 Å². The fourth-order valence-corrected chi connectivity index (χ4v) is 4.39. The Hall–Kier alpha value is -1.38. The molecule has 1 N–H and O–H groups in total. The molecule has 0 aromatic rings. The number of piperazine rings is 2. The molecule has 3 aliphatic heterocycles. The molecule has 0 aliphatic carbocycles. The van der Waals surface area contributed by atoms with E-state index in [0.29, 0.717) is 6.04 Å². The summed E-state index contributed by atoms with van der Waals surface area (Å²) < 4.78 is 5.57. The highest BCUT2D eigenvalue weighted by atomic mass is 16.5. The number of rotatable bonds is 6. The van der Waals surface area contributed by atoms with Crippen molar-refractivity contribution in [1.82, 2.24) is 24.9 Å². The van der Waals surface area contributed by atoms with E-state index >= 15 is 0 Å². The van der Waals surface area contributed by atoms with Crippen molar-refractivity contribution in [2.45, 2.75) is 45.8 Å². The lowest BCUT2D eigenvalue weighted by Crippen LogP contribution is -2.55. The van der Waals surface area contributed by atoms with E-state index in [1.54, 1.807) is 0 Å².